The van der Waals surface area contributed by atoms with Gasteiger partial charge >= 0.3 is 0 Å². The van der Waals surface area contributed by atoms with Crippen molar-refractivity contribution < 1.29 is 8.78 Å². The van der Waals surface area contributed by atoms with Crippen molar-refractivity contribution in [2.45, 2.75) is 13.0 Å². The Bertz CT molecular complexity index is 558. The molecule has 0 saturated carbocycles. The van der Waals surface area contributed by atoms with Crippen LogP contribution in [0.2, 0.25) is 0 Å². The number of nitrogens with zero attached hydrogens (tertiary/aromatic N) is 1. The van der Waals surface area contributed by atoms with E-state index in [0.29, 0.717) is 5.56 Å². The lowest BCUT2D eigenvalue weighted by Gasteiger charge is -2.18. The molecule has 0 aliphatic carbocycles. The summed E-state index contributed by atoms with van der Waals surface area (Å²) in [6.07, 6.45) is 1.47. The molecule has 1 atom stereocenters. The molecule has 2 rings (SSSR count). The van der Waals surface area contributed by atoms with Crippen LogP contribution in [-0.2, 0) is 0 Å². The van der Waals surface area contributed by atoms with Crippen molar-refractivity contribution in [2.24, 2.45) is 5.84 Å². The van der Waals surface area contributed by atoms with Gasteiger partial charge in [-0.1, -0.05) is 6.07 Å². The van der Waals surface area contributed by atoms with Gasteiger partial charge in [-0.05, 0) is 42.3 Å². The van der Waals surface area contributed by atoms with Crippen LogP contribution in [0.5, 0.6) is 0 Å². The van der Waals surface area contributed by atoms with Gasteiger partial charge in [0.1, 0.15) is 11.6 Å². The van der Waals surface area contributed by atoms with Crippen LogP contribution in [0, 0.1) is 18.6 Å². The zero-order valence-corrected chi connectivity index (χ0v) is 9.82. The Balaban J connectivity index is 2.52. The molecule has 0 amide bonds. The molecular weight excluding hydrogens is 236 g/mol. The molecule has 0 fully saturated rings. The van der Waals surface area contributed by atoms with Gasteiger partial charge in [-0.15, -0.1) is 0 Å². The van der Waals surface area contributed by atoms with Crippen LogP contribution < -0.4 is 11.3 Å². The lowest BCUT2D eigenvalue weighted by atomic mass is 9.98. The van der Waals surface area contributed by atoms with Crippen molar-refractivity contribution in [3.05, 3.63) is 65.0 Å². The highest BCUT2D eigenvalue weighted by atomic mass is 19.1. The zero-order valence-electron chi connectivity index (χ0n) is 9.82. The number of pyridine rings is 1. The van der Waals surface area contributed by atoms with E-state index in [1.807, 2.05) is 0 Å². The molecular formula is C13H13F2N3. The number of halogens is 2. The summed E-state index contributed by atoms with van der Waals surface area (Å²) in [5.41, 5.74) is 4.00. The standard InChI is InChI=1S/C13H13F2N3/c1-8-4-5-9(14)7-10(8)12(18-16)13-11(15)3-2-6-17-13/h2-7,12,18H,16H2,1H3. The second-order valence-corrected chi connectivity index (χ2v) is 3.97. The van der Waals surface area contributed by atoms with Gasteiger partial charge in [0.15, 0.2) is 0 Å². The van der Waals surface area contributed by atoms with E-state index >= 15 is 0 Å². The van der Waals surface area contributed by atoms with E-state index < -0.39 is 17.7 Å². The highest BCUT2D eigenvalue weighted by molar-refractivity contribution is 5.35. The molecule has 94 valence electrons. The molecule has 3 nitrogen and oxygen atoms in total. The molecule has 0 aliphatic heterocycles. The number of nitrogens with one attached hydrogen (secondary N) is 1. The maximum Gasteiger partial charge on any atom is 0.146 e. The molecule has 3 N–H and O–H groups in total. The van der Waals surface area contributed by atoms with Crippen molar-refractivity contribution in [1.82, 2.24) is 10.4 Å². The quantitative estimate of drug-likeness (QED) is 0.647. The Hall–Kier alpha value is -1.85. The highest BCUT2D eigenvalue weighted by Crippen LogP contribution is 2.25. The average Bonchev–Trinajstić information content (AvgIpc) is 2.36. The van der Waals surface area contributed by atoms with Crippen LogP contribution in [0.3, 0.4) is 0 Å². The highest BCUT2D eigenvalue weighted by Gasteiger charge is 2.20. The van der Waals surface area contributed by atoms with Gasteiger partial charge in [0.2, 0.25) is 0 Å². The van der Waals surface area contributed by atoms with E-state index in [1.165, 1.54) is 30.5 Å². The molecule has 0 aliphatic rings. The van der Waals surface area contributed by atoms with Gasteiger partial charge in [-0.2, -0.15) is 0 Å². The molecule has 1 heterocycles. The van der Waals surface area contributed by atoms with E-state index in [1.54, 1.807) is 13.0 Å². The van der Waals surface area contributed by atoms with Gasteiger partial charge in [0, 0.05) is 6.20 Å². The van der Waals surface area contributed by atoms with E-state index in [0.717, 1.165) is 5.56 Å². The lowest BCUT2D eigenvalue weighted by Crippen LogP contribution is -2.30. The van der Waals surface area contributed by atoms with Gasteiger partial charge in [0.25, 0.3) is 0 Å². The van der Waals surface area contributed by atoms with Crippen LogP contribution in [0.4, 0.5) is 8.78 Å². The minimum absolute atomic E-state index is 0.147. The fourth-order valence-electron chi connectivity index (χ4n) is 1.85. The summed E-state index contributed by atoms with van der Waals surface area (Å²) >= 11 is 0. The fourth-order valence-corrected chi connectivity index (χ4v) is 1.85. The monoisotopic (exact) mass is 249 g/mol. The Labute approximate surface area is 104 Å². The number of benzene rings is 1. The molecule has 0 saturated heterocycles. The summed E-state index contributed by atoms with van der Waals surface area (Å²) in [6.45, 7) is 1.81. The van der Waals surface area contributed by atoms with Crippen LogP contribution in [0.15, 0.2) is 36.5 Å². The maximum atomic E-state index is 13.7. The van der Waals surface area contributed by atoms with Crippen molar-refractivity contribution in [3.8, 4) is 0 Å². The third-order valence-electron chi connectivity index (χ3n) is 2.78. The number of aromatic nitrogens is 1. The number of hydrogen-bond acceptors (Lipinski definition) is 3. The Kier molecular flexibility index (Phi) is 3.64. The topological polar surface area (TPSA) is 50.9 Å². The molecule has 18 heavy (non-hydrogen) atoms. The SMILES string of the molecule is Cc1ccc(F)cc1C(NN)c1ncccc1F. The molecule has 2 aromatic rings. The largest absolute Gasteiger partial charge is 0.271 e. The van der Waals surface area contributed by atoms with Gasteiger partial charge in [0.05, 0.1) is 11.7 Å². The number of rotatable bonds is 3. The maximum absolute atomic E-state index is 13.7. The Morgan fingerprint density at radius 2 is 2.06 bits per heavy atom. The Morgan fingerprint density at radius 1 is 1.28 bits per heavy atom. The first kappa shape index (κ1) is 12.6. The van der Waals surface area contributed by atoms with Crippen molar-refractivity contribution in [2.75, 3.05) is 0 Å². The van der Waals surface area contributed by atoms with Gasteiger partial charge in [-0.25, -0.2) is 14.2 Å². The molecule has 1 aromatic heterocycles. The molecule has 0 bridgehead atoms. The molecule has 5 heteroatoms. The molecule has 0 spiro atoms. The first-order valence-electron chi connectivity index (χ1n) is 5.46. The van der Waals surface area contributed by atoms with Crippen LogP contribution in [0.1, 0.15) is 22.9 Å². The zero-order chi connectivity index (χ0) is 13.1. The fraction of sp³-hybridized carbons (Fsp3) is 0.154. The minimum atomic E-state index is -0.679. The third kappa shape index (κ3) is 2.37. The van der Waals surface area contributed by atoms with Gasteiger partial charge in [-0.3, -0.25) is 10.8 Å². The first-order chi connectivity index (χ1) is 8.63. The first-order valence-corrected chi connectivity index (χ1v) is 5.46. The summed E-state index contributed by atoms with van der Waals surface area (Å²) in [5.74, 6) is 4.57. The molecule has 1 unspecified atom stereocenters. The lowest BCUT2D eigenvalue weighted by molar-refractivity contribution is 0.538. The second-order valence-electron chi connectivity index (χ2n) is 3.97. The summed E-state index contributed by atoms with van der Waals surface area (Å²) < 4.78 is 27.0. The van der Waals surface area contributed by atoms with E-state index in [9.17, 15) is 8.78 Å². The predicted octanol–water partition coefficient (Wildman–Crippen LogP) is 2.22. The average molecular weight is 249 g/mol. The molecule has 0 radical (unpaired) electrons. The normalized spacial score (nSPS) is 12.4. The summed E-state index contributed by atoms with van der Waals surface area (Å²) in [6, 6.07) is 6.40. The number of hydrogen-bond donors (Lipinski definition) is 2. The van der Waals surface area contributed by atoms with Crippen LogP contribution in [-0.4, -0.2) is 4.98 Å². The number of nitrogens with two attached hydrogens (primary N) is 1. The number of aryl methyl sites for hydroxylation is 1. The second kappa shape index (κ2) is 5.20. The smallest absolute Gasteiger partial charge is 0.146 e. The minimum Gasteiger partial charge on any atom is -0.271 e. The molecule has 1 aromatic carbocycles. The van der Waals surface area contributed by atoms with E-state index in [-0.39, 0.29) is 5.69 Å². The van der Waals surface area contributed by atoms with Crippen LogP contribution >= 0.6 is 0 Å². The van der Waals surface area contributed by atoms with Crippen molar-refractivity contribution in [1.29, 1.82) is 0 Å². The van der Waals surface area contributed by atoms with Gasteiger partial charge < -0.3 is 0 Å². The predicted molar refractivity (Wildman–Crippen MR) is 64.5 cm³/mol. The number of hydrazine groups is 1. The van der Waals surface area contributed by atoms with E-state index in [2.05, 4.69) is 10.4 Å². The van der Waals surface area contributed by atoms with Crippen LogP contribution in [0.25, 0.3) is 0 Å². The third-order valence-corrected chi connectivity index (χ3v) is 2.78. The van der Waals surface area contributed by atoms with Crippen molar-refractivity contribution in [3.63, 3.8) is 0 Å². The van der Waals surface area contributed by atoms with E-state index in [4.69, 9.17) is 5.84 Å². The summed E-state index contributed by atoms with van der Waals surface area (Å²) in [4.78, 5) is 3.96. The summed E-state index contributed by atoms with van der Waals surface area (Å²) in [5, 5.41) is 0. The summed E-state index contributed by atoms with van der Waals surface area (Å²) in [7, 11) is 0. The Morgan fingerprint density at radius 3 is 2.72 bits per heavy atom. The van der Waals surface area contributed by atoms with Crippen molar-refractivity contribution >= 4 is 0 Å².